The summed E-state index contributed by atoms with van der Waals surface area (Å²) in [5.74, 6) is 0.907. The summed E-state index contributed by atoms with van der Waals surface area (Å²) in [5.41, 5.74) is 6.03. The van der Waals surface area contributed by atoms with Crippen molar-refractivity contribution in [2.24, 2.45) is 11.7 Å². The molecule has 0 radical (unpaired) electrons. The molecule has 0 fully saturated rings. The fraction of sp³-hybridized carbons (Fsp3) is 0.533. The van der Waals surface area contributed by atoms with Gasteiger partial charge < -0.3 is 21.1 Å². The summed E-state index contributed by atoms with van der Waals surface area (Å²) in [6.45, 7) is 7.10. The molecule has 0 aliphatic rings. The first-order valence-electron chi connectivity index (χ1n) is 7.14. The maximum absolute atomic E-state index is 12.0. The van der Waals surface area contributed by atoms with Gasteiger partial charge in [-0.1, -0.05) is 25.4 Å². The average molecular weight is 314 g/mol. The van der Waals surface area contributed by atoms with Crippen molar-refractivity contribution in [3.8, 4) is 5.75 Å². The Kier molecular flexibility index (Phi) is 7.32. The van der Waals surface area contributed by atoms with Gasteiger partial charge in [-0.25, -0.2) is 4.79 Å². The molecule has 1 aromatic rings. The van der Waals surface area contributed by atoms with Gasteiger partial charge in [0.25, 0.3) is 0 Å². The van der Waals surface area contributed by atoms with Gasteiger partial charge in [0.1, 0.15) is 5.75 Å². The van der Waals surface area contributed by atoms with Gasteiger partial charge in [0.15, 0.2) is 0 Å². The minimum absolute atomic E-state index is 0.0823. The number of carbonyl (C=O) groups excluding carboxylic acids is 1. The molecule has 0 bridgehead atoms. The lowest BCUT2D eigenvalue weighted by molar-refractivity contribution is 0.245. The summed E-state index contributed by atoms with van der Waals surface area (Å²) in [6, 6.07) is 4.93. The lowest BCUT2D eigenvalue weighted by Gasteiger charge is -2.19. The van der Waals surface area contributed by atoms with E-state index < -0.39 is 0 Å². The van der Waals surface area contributed by atoms with Crippen molar-refractivity contribution >= 4 is 23.3 Å². The molecule has 21 heavy (non-hydrogen) atoms. The molecule has 118 valence electrons. The Morgan fingerprint density at radius 1 is 1.38 bits per heavy atom. The summed E-state index contributed by atoms with van der Waals surface area (Å²) in [4.78, 5) is 12.0. The van der Waals surface area contributed by atoms with Crippen LogP contribution in [0, 0.1) is 5.92 Å². The third-order valence-electron chi connectivity index (χ3n) is 3.16. The predicted octanol–water partition coefficient (Wildman–Crippen LogP) is 3.23. The molecule has 1 aromatic carbocycles. The fourth-order valence-electron chi connectivity index (χ4n) is 1.52. The zero-order valence-electron chi connectivity index (χ0n) is 12.8. The highest BCUT2D eigenvalue weighted by molar-refractivity contribution is 6.30. The molecule has 0 aliphatic carbocycles. The van der Waals surface area contributed by atoms with Crippen LogP contribution in [0.25, 0.3) is 0 Å². The number of urea groups is 1. The molecule has 5 nitrogen and oxygen atoms in total. The van der Waals surface area contributed by atoms with Crippen LogP contribution in [0.15, 0.2) is 18.2 Å². The van der Waals surface area contributed by atoms with Gasteiger partial charge in [0, 0.05) is 17.1 Å². The standard InChI is InChI=1S/C15H24ClN3O2/c1-10(2)11(3)18-15(20)19-13-6-5-12(16)9-14(13)21-8-4-7-17/h5-6,9-11H,4,7-8,17H2,1-3H3,(H2,18,19,20). The molecule has 2 amide bonds. The molecule has 0 aromatic heterocycles. The van der Waals surface area contributed by atoms with E-state index in [-0.39, 0.29) is 12.1 Å². The van der Waals surface area contributed by atoms with E-state index >= 15 is 0 Å². The Morgan fingerprint density at radius 3 is 2.71 bits per heavy atom. The van der Waals surface area contributed by atoms with E-state index in [1.54, 1.807) is 18.2 Å². The largest absolute Gasteiger partial charge is 0.491 e. The molecule has 1 unspecified atom stereocenters. The van der Waals surface area contributed by atoms with Crippen LogP contribution in [-0.2, 0) is 0 Å². The Balaban J connectivity index is 2.70. The molecular formula is C15H24ClN3O2. The lowest BCUT2D eigenvalue weighted by atomic mass is 10.1. The number of hydrogen-bond donors (Lipinski definition) is 3. The fourth-order valence-corrected chi connectivity index (χ4v) is 1.68. The summed E-state index contributed by atoms with van der Waals surface area (Å²) < 4.78 is 5.60. The van der Waals surface area contributed by atoms with Gasteiger partial charge in [0.05, 0.1) is 12.3 Å². The third-order valence-corrected chi connectivity index (χ3v) is 3.39. The summed E-state index contributed by atoms with van der Waals surface area (Å²) in [7, 11) is 0. The number of nitrogens with two attached hydrogens (primary N) is 1. The number of rotatable bonds is 7. The van der Waals surface area contributed by atoms with E-state index in [2.05, 4.69) is 24.5 Å². The second-order valence-corrected chi connectivity index (χ2v) is 5.70. The minimum Gasteiger partial charge on any atom is -0.491 e. The molecule has 0 saturated heterocycles. The number of benzene rings is 1. The topological polar surface area (TPSA) is 76.4 Å². The lowest BCUT2D eigenvalue weighted by Crippen LogP contribution is -2.39. The number of anilines is 1. The third kappa shape index (κ3) is 6.23. The number of amides is 2. The maximum atomic E-state index is 12.0. The molecule has 6 heteroatoms. The van der Waals surface area contributed by atoms with Crippen LogP contribution in [0.5, 0.6) is 5.75 Å². The summed E-state index contributed by atoms with van der Waals surface area (Å²) in [6.07, 6.45) is 0.739. The van der Waals surface area contributed by atoms with Crippen molar-refractivity contribution in [1.82, 2.24) is 5.32 Å². The first kappa shape index (κ1) is 17.6. The number of halogens is 1. The molecule has 1 atom stereocenters. The molecule has 4 N–H and O–H groups in total. The SMILES string of the molecule is CC(C)C(C)NC(=O)Nc1ccc(Cl)cc1OCCCN. The van der Waals surface area contributed by atoms with Gasteiger partial charge in [-0.15, -0.1) is 0 Å². The van der Waals surface area contributed by atoms with Crippen molar-refractivity contribution in [2.75, 3.05) is 18.5 Å². The molecule has 0 heterocycles. The van der Waals surface area contributed by atoms with E-state index in [0.29, 0.717) is 35.5 Å². The van der Waals surface area contributed by atoms with Crippen LogP contribution in [0.2, 0.25) is 5.02 Å². The van der Waals surface area contributed by atoms with Crippen LogP contribution in [0.4, 0.5) is 10.5 Å². The summed E-state index contributed by atoms with van der Waals surface area (Å²) >= 11 is 5.96. The Labute approximate surface area is 131 Å². The zero-order valence-corrected chi connectivity index (χ0v) is 13.5. The number of nitrogens with one attached hydrogen (secondary N) is 2. The first-order chi connectivity index (χ1) is 9.93. The van der Waals surface area contributed by atoms with Crippen molar-refractivity contribution < 1.29 is 9.53 Å². The van der Waals surface area contributed by atoms with Crippen molar-refractivity contribution in [2.45, 2.75) is 33.2 Å². The quantitative estimate of drug-likeness (QED) is 0.676. The average Bonchev–Trinajstić information content (AvgIpc) is 2.41. The normalized spacial score (nSPS) is 12.1. The van der Waals surface area contributed by atoms with E-state index in [4.69, 9.17) is 22.1 Å². The van der Waals surface area contributed by atoms with Crippen molar-refractivity contribution in [1.29, 1.82) is 0 Å². The second-order valence-electron chi connectivity index (χ2n) is 5.26. The van der Waals surface area contributed by atoms with Gasteiger partial charge in [0.2, 0.25) is 0 Å². The smallest absolute Gasteiger partial charge is 0.319 e. The number of carbonyl (C=O) groups is 1. The highest BCUT2D eigenvalue weighted by Gasteiger charge is 2.13. The second kappa shape index (κ2) is 8.74. The molecule has 0 aliphatic heterocycles. The molecule has 0 spiro atoms. The van der Waals surface area contributed by atoms with Crippen LogP contribution < -0.4 is 21.1 Å². The zero-order chi connectivity index (χ0) is 15.8. The highest BCUT2D eigenvalue weighted by Crippen LogP contribution is 2.28. The molecule has 1 rings (SSSR count). The molecule has 0 saturated carbocycles. The Bertz CT molecular complexity index is 466. The van der Waals surface area contributed by atoms with Gasteiger partial charge >= 0.3 is 6.03 Å². The Morgan fingerprint density at radius 2 is 2.10 bits per heavy atom. The van der Waals surface area contributed by atoms with Gasteiger partial charge in [-0.05, 0) is 37.9 Å². The van der Waals surface area contributed by atoms with E-state index in [9.17, 15) is 4.79 Å². The van der Waals surface area contributed by atoms with Gasteiger partial charge in [-0.2, -0.15) is 0 Å². The van der Waals surface area contributed by atoms with Crippen LogP contribution in [-0.4, -0.2) is 25.2 Å². The Hall–Kier alpha value is -1.46. The maximum Gasteiger partial charge on any atom is 0.319 e. The predicted molar refractivity (Wildman–Crippen MR) is 87.1 cm³/mol. The monoisotopic (exact) mass is 313 g/mol. The van der Waals surface area contributed by atoms with Crippen LogP contribution in [0.1, 0.15) is 27.2 Å². The van der Waals surface area contributed by atoms with E-state index in [1.807, 2.05) is 6.92 Å². The summed E-state index contributed by atoms with van der Waals surface area (Å²) in [5, 5.41) is 6.22. The minimum atomic E-state index is -0.262. The van der Waals surface area contributed by atoms with Gasteiger partial charge in [-0.3, -0.25) is 0 Å². The van der Waals surface area contributed by atoms with Crippen LogP contribution in [0.3, 0.4) is 0 Å². The van der Waals surface area contributed by atoms with Crippen molar-refractivity contribution in [3.63, 3.8) is 0 Å². The van der Waals surface area contributed by atoms with E-state index in [0.717, 1.165) is 6.42 Å². The van der Waals surface area contributed by atoms with E-state index in [1.165, 1.54) is 0 Å². The number of hydrogen-bond acceptors (Lipinski definition) is 3. The first-order valence-corrected chi connectivity index (χ1v) is 7.51. The van der Waals surface area contributed by atoms with Crippen LogP contribution >= 0.6 is 11.6 Å². The number of ether oxygens (including phenoxy) is 1. The highest BCUT2D eigenvalue weighted by atomic mass is 35.5. The molecular weight excluding hydrogens is 290 g/mol. The van der Waals surface area contributed by atoms with Crippen molar-refractivity contribution in [3.05, 3.63) is 23.2 Å².